The fourth-order valence-corrected chi connectivity index (χ4v) is 3.70. The van der Waals surface area contributed by atoms with Gasteiger partial charge in [-0.2, -0.15) is 12.6 Å². The smallest absolute Gasteiger partial charge is 0.326 e. The maximum absolute atomic E-state index is 12.8. The van der Waals surface area contributed by atoms with E-state index in [1.54, 1.807) is 12.1 Å². The topological polar surface area (TPSA) is 211 Å². The predicted octanol–water partition coefficient (Wildman–Crippen LogP) is -0.940. The number of carboxylic acid groups (broad SMARTS) is 1. The quantitative estimate of drug-likeness (QED) is 0.141. The molecule has 0 heterocycles. The second-order valence-electron chi connectivity index (χ2n) is 8.72. The molecule has 0 radical (unpaired) electrons. The minimum Gasteiger partial charge on any atom is -0.508 e. The van der Waals surface area contributed by atoms with Gasteiger partial charge in [0, 0.05) is 12.2 Å². The molecule has 0 aliphatic heterocycles. The summed E-state index contributed by atoms with van der Waals surface area (Å²) in [5.41, 5.74) is 7.14. The minimum atomic E-state index is -1.46. The van der Waals surface area contributed by atoms with E-state index in [2.05, 4.69) is 28.6 Å². The number of hydrogen-bond donors (Lipinski definition) is 9. The van der Waals surface area contributed by atoms with E-state index in [1.807, 2.05) is 0 Å². The van der Waals surface area contributed by atoms with Crippen LogP contribution in [0.2, 0.25) is 0 Å². The number of aliphatic hydroxyl groups is 1. The van der Waals surface area contributed by atoms with E-state index in [0.717, 1.165) is 0 Å². The van der Waals surface area contributed by atoms with Gasteiger partial charge in [0.05, 0.1) is 12.1 Å². The molecule has 0 spiro atoms. The molecule has 5 atom stereocenters. The van der Waals surface area contributed by atoms with Crippen molar-refractivity contribution in [3.8, 4) is 11.5 Å². The predicted molar refractivity (Wildman–Crippen MR) is 141 cm³/mol. The van der Waals surface area contributed by atoms with Crippen molar-refractivity contribution in [1.29, 1.82) is 0 Å². The van der Waals surface area contributed by atoms with Gasteiger partial charge in [-0.3, -0.25) is 14.4 Å². The molecule has 3 amide bonds. The number of carbonyl (C=O) groups is 4. The molecular weight excluding hydrogens is 516 g/mol. The molecule has 0 saturated carbocycles. The number of amides is 3. The van der Waals surface area contributed by atoms with Gasteiger partial charge >= 0.3 is 5.97 Å². The number of nitrogens with two attached hydrogens (primary N) is 1. The molecular formula is C25H32N4O8S. The third-order valence-electron chi connectivity index (χ3n) is 5.60. The molecule has 5 unspecified atom stereocenters. The van der Waals surface area contributed by atoms with Crippen LogP contribution < -0.4 is 21.7 Å². The van der Waals surface area contributed by atoms with E-state index in [1.165, 1.54) is 43.3 Å². The first-order valence-electron chi connectivity index (χ1n) is 11.7. The first-order valence-corrected chi connectivity index (χ1v) is 12.3. The highest BCUT2D eigenvalue weighted by molar-refractivity contribution is 7.80. The number of phenols is 2. The second kappa shape index (κ2) is 14.2. The zero-order valence-corrected chi connectivity index (χ0v) is 21.5. The van der Waals surface area contributed by atoms with Crippen LogP contribution >= 0.6 is 12.6 Å². The molecule has 206 valence electrons. The van der Waals surface area contributed by atoms with E-state index < -0.39 is 54.0 Å². The van der Waals surface area contributed by atoms with E-state index in [0.29, 0.717) is 11.1 Å². The number of phenolic OH excluding ortho intramolecular Hbond substituents is 2. The Morgan fingerprint density at radius 3 is 1.71 bits per heavy atom. The largest absolute Gasteiger partial charge is 0.508 e. The first kappa shape index (κ1) is 30.4. The zero-order valence-electron chi connectivity index (χ0n) is 20.6. The summed E-state index contributed by atoms with van der Waals surface area (Å²) in [4.78, 5) is 49.9. The third-order valence-corrected chi connectivity index (χ3v) is 5.96. The van der Waals surface area contributed by atoms with Gasteiger partial charge in [-0.05, 0) is 48.7 Å². The molecule has 13 heteroatoms. The summed E-state index contributed by atoms with van der Waals surface area (Å²) in [6, 6.07) is 6.68. The number of aliphatic carboxylic acids is 1. The highest BCUT2D eigenvalue weighted by Crippen LogP contribution is 2.12. The monoisotopic (exact) mass is 548 g/mol. The Morgan fingerprint density at radius 2 is 1.26 bits per heavy atom. The first-order chi connectivity index (χ1) is 17.9. The molecule has 0 aliphatic rings. The lowest BCUT2D eigenvalue weighted by Crippen LogP contribution is -2.60. The van der Waals surface area contributed by atoms with Crippen LogP contribution in [0.3, 0.4) is 0 Å². The van der Waals surface area contributed by atoms with Crippen molar-refractivity contribution in [2.75, 3.05) is 5.75 Å². The summed E-state index contributed by atoms with van der Waals surface area (Å²) < 4.78 is 0. The summed E-state index contributed by atoms with van der Waals surface area (Å²) in [5.74, 6) is -3.93. The summed E-state index contributed by atoms with van der Waals surface area (Å²) in [6.07, 6.45) is -1.34. The summed E-state index contributed by atoms with van der Waals surface area (Å²) in [6.45, 7) is 1.27. The number of carbonyl (C=O) groups excluding carboxylic acids is 3. The Labute approximate surface area is 224 Å². The van der Waals surface area contributed by atoms with Crippen molar-refractivity contribution in [2.24, 2.45) is 5.73 Å². The van der Waals surface area contributed by atoms with Crippen LogP contribution in [0.4, 0.5) is 0 Å². The maximum Gasteiger partial charge on any atom is 0.326 e. The standard InChI is InChI=1S/C25H32N4O8S/c1-13(30)21(29-22(33)18(26)10-14-2-6-16(31)7-3-14)24(35)28-20(12-38)23(34)27-19(25(36)37)11-15-4-8-17(32)9-5-15/h2-9,13,18-21,30-32,38H,10-12,26H2,1H3,(H,27,34)(H,28,35)(H,29,33)(H,36,37). The number of hydrogen-bond acceptors (Lipinski definition) is 9. The highest BCUT2D eigenvalue weighted by Gasteiger charge is 2.32. The minimum absolute atomic E-state index is 0.00331. The zero-order chi connectivity index (χ0) is 28.4. The van der Waals surface area contributed by atoms with Crippen LogP contribution in [0, 0.1) is 0 Å². The number of aromatic hydroxyl groups is 2. The summed E-state index contributed by atoms with van der Waals surface area (Å²) in [5, 5.41) is 45.5. The fraction of sp³-hybridized carbons (Fsp3) is 0.360. The summed E-state index contributed by atoms with van der Waals surface area (Å²) >= 11 is 4.06. The Kier molecular flexibility index (Phi) is 11.4. The van der Waals surface area contributed by atoms with Crippen LogP contribution in [0.15, 0.2) is 48.5 Å². The van der Waals surface area contributed by atoms with Gasteiger partial charge < -0.3 is 42.1 Å². The number of thiol groups is 1. The van der Waals surface area contributed by atoms with Crippen molar-refractivity contribution in [1.82, 2.24) is 16.0 Å². The van der Waals surface area contributed by atoms with Crippen LogP contribution in [-0.4, -0.2) is 80.1 Å². The second-order valence-corrected chi connectivity index (χ2v) is 9.08. The molecule has 0 aromatic heterocycles. The number of aliphatic hydroxyl groups excluding tert-OH is 1. The van der Waals surface area contributed by atoms with Crippen LogP contribution in [-0.2, 0) is 32.0 Å². The van der Waals surface area contributed by atoms with Crippen LogP contribution in [0.5, 0.6) is 11.5 Å². The molecule has 0 aliphatic carbocycles. The molecule has 0 bridgehead atoms. The molecule has 2 aromatic rings. The molecule has 9 N–H and O–H groups in total. The lowest BCUT2D eigenvalue weighted by atomic mass is 10.0. The fourth-order valence-electron chi connectivity index (χ4n) is 3.44. The van der Waals surface area contributed by atoms with Gasteiger partial charge in [-0.25, -0.2) is 4.79 Å². The highest BCUT2D eigenvalue weighted by atomic mass is 32.1. The number of carboxylic acids is 1. The van der Waals surface area contributed by atoms with Gasteiger partial charge in [0.1, 0.15) is 29.6 Å². The van der Waals surface area contributed by atoms with E-state index in [-0.39, 0.29) is 30.1 Å². The average Bonchev–Trinajstić information content (AvgIpc) is 2.87. The Balaban J connectivity index is 2.02. The Morgan fingerprint density at radius 1 is 0.789 bits per heavy atom. The molecule has 2 rings (SSSR count). The number of nitrogens with one attached hydrogen (secondary N) is 3. The van der Waals surface area contributed by atoms with Crippen molar-refractivity contribution >= 4 is 36.3 Å². The van der Waals surface area contributed by atoms with E-state index in [4.69, 9.17) is 5.73 Å². The van der Waals surface area contributed by atoms with Crippen LogP contribution in [0.25, 0.3) is 0 Å². The lowest BCUT2D eigenvalue weighted by Gasteiger charge is -2.26. The molecule has 2 aromatic carbocycles. The summed E-state index contributed by atoms with van der Waals surface area (Å²) in [7, 11) is 0. The molecule has 0 fully saturated rings. The van der Waals surface area contributed by atoms with E-state index >= 15 is 0 Å². The maximum atomic E-state index is 12.8. The van der Waals surface area contributed by atoms with Crippen molar-refractivity contribution in [2.45, 2.75) is 50.0 Å². The van der Waals surface area contributed by atoms with Crippen molar-refractivity contribution in [3.05, 3.63) is 59.7 Å². The Bertz CT molecular complexity index is 1110. The van der Waals surface area contributed by atoms with E-state index in [9.17, 15) is 39.6 Å². The molecule has 38 heavy (non-hydrogen) atoms. The number of rotatable bonds is 13. The van der Waals surface area contributed by atoms with Crippen molar-refractivity contribution < 1.29 is 39.6 Å². The molecule has 12 nitrogen and oxygen atoms in total. The van der Waals surface area contributed by atoms with Crippen LogP contribution in [0.1, 0.15) is 18.1 Å². The van der Waals surface area contributed by atoms with Gasteiger partial charge in [-0.15, -0.1) is 0 Å². The third kappa shape index (κ3) is 9.25. The van der Waals surface area contributed by atoms with Gasteiger partial charge in [0.2, 0.25) is 17.7 Å². The Hall–Kier alpha value is -3.81. The van der Waals surface area contributed by atoms with Gasteiger partial charge in [-0.1, -0.05) is 24.3 Å². The lowest BCUT2D eigenvalue weighted by molar-refractivity contribution is -0.142. The normalized spacial score (nSPS) is 14.8. The average molecular weight is 549 g/mol. The van der Waals surface area contributed by atoms with Crippen molar-refractivity contribution in [3.63, 3.8) is 0 Å². The molecule has 0 saturated heterocycles. The number of benzene rings is 2. The van der Waals surface area contributed by atoms with Gasteiger partial charge in [0.25, 0.3) is 0 Å². The van der Waals surface area contributed by atoms with Gasteiger partial charge in [0.15, 0.2) is 0 Å². The SMILES string of the molecule is CC(O)C(NC(=O)C(N)Cc1ccc(O)cc1)C(=O)NC(CS)C(=O)NC(Cc1ccc(O)cc1)C(=O)O.